The maximum atomic E-state index is 13.1. The van der Waals surface area contributed by atoms with Crippen LogP contribution in [-0.4, -0.2) is 77.2 Å². The molecule has 0 bridgehead atoms. The number of aromatic amines is 1. The molecule has 0 saturated carbocycles. The fourth-order valence-corrected chi connectivity index (χ4v) is 6.86. The minimum atomic E-state index is 0.0832. The van der Waals surface area contributed by atoms with Crippen LogP contribution in [0.15, 0.2) is 54.6 Å². The van der Waals surface area contributed by atoms with E-state index in [0.29, 0.717) is 12.3 Å². The number of fused-ring (bicyclic) bond motifs is 2. The van der Waals surface area contributed by atoms with Crippen LogP contribution >= 0.6 is 11.3 Å². The Bertz CT molecular complexity index is 1370. The largest absolute Gasteiger partial charge is 0.492 e. The van der Waals surface area contributed by atoms with Gasteiger partial charge in [-0.1, -0.05) is 30.3 Å². The van der Waals surface area contributed by atoms with E-state index in [1.54, 1.807) is 0 Å². The predicted octanol–water partition coefficient (Wildman–Crippen LogP) is 4.97. The number of nitrogens with zero attached hydrogens (tertiary/aromatic N) is 4. The zero-order chi connectivity index (χ0) is 26.6. The molecular formula is C31H37N5O2S. The Morgan fingerprint density at radius 2 is 1.82 bits per heavy atom. The first-order valence-corrected chi connectivity index (χ1v) is 14.9. The molecule has 7 nitrogen and oxygen atoms in total. The molecule has 0 atom stereocenters. The second kappa shape index (κ2) is 11.9. The number of aromatic nitrogens is 2. The SMILES string of the molecule is CN(Cc1ccc(OCCN2CCN(C(=O)c3n[nH]c4c3CCCC4)CC2)cc1)Cc1cc2ccccc2s1. The Labute approximate surface area is 234 Å². The van der Waals surface area contributed by atoms with Crippen molar-refractivity contribution >= 4 is 27.3 Å². The van der Waals surface area contributed by atoms with E-state index < -0.39 is 0 Å². The number of benzene rings is 2. The zero-order valence-electron chi connectivity index (χ0n) is 22.7. The summed E-state index contributed by atoms with van der Waals surface area (Å²) in [6, 6.07) is 19.4. The molecule has 2 aliphatic rings. The number of thiophene rings is 1. The maximum absolute atomic E-state index is 13.1. The normalized spacial score (nSPS) is 16.1. The van der Waals surface area contributed by atoms with Gasteiger partial charge in [-0.2, -0.15) is 5.10 Å². The second-order valence-electron chi connectivity index (χ2n) is 10.8. The Morgan fingerprint density at radius 3 is 2.64 bits per heavy atom. The van der Waals surface area contributed by atoms with E-state index in [1.165, 1.54) is 26.9 Å². The van der Waals surface area contributed by atoms with Gasteiger partial charge in [-0.25, -0.2) is 0 Å². The van der Waals surface area contributed by atoms with Gasteiger partial charge < -0.3 is 9.64 Å². The van der Waals surface area contributed by atoms with E-state index in [1.807, 2.05) is 16.2 Å². The summed E-state index contributed by atoms with van der Waals surface area (Å²) in [5.74, 6) is 0.989. The summed E-state index contributed by atoms with van der Waals surface area (Å²) < 4.78 is 7.40. The molecule has 8 heteroatoms. The standard InChI is InChI=1S/C31H37N5O2S/c1-34(22-26-20-24-6-2-5-9-29(24)39-26)21-23-10-12-25(13-11-23)38-19-18-35-14-16-36(17-15-35)31(37)30-27-7-3-4-8-28(27)32-33-30/h2,5-6,9-13,20H,3-4,7-8,14-19,21-22H2,1H3,(H,32,33). The number of carbonyl (C=O) groups excluding carboxylic acids is 1. The lowest BCUT2D eigenvalue weighted by molar-refractivity contribution is 0.0613. The molecule has 1 amide bonds. The number of nitrogens with one attached hydrogen (secondary N) is 1. The molecule has 204 valence electrons. The van der Waals surface area contributed by atoms with Gasteiger partial charge in [0.05, 0.1) is 0 Å². The minimum Gasteiger partial charge on any atom is -0.492 e. The van der Waals surface area contributed by atoms with Crippen LogP contribution in [0, 0.1) is 0 Å². The van der Waals surface area contributed by atoms with Crippen molar-refractivity contribution in [1.82, 2.24) is 24.9 Å². The summed E-state index contributed by atoms with van der Waals surface area (Å²) in [4.78, 5) is 21.1. The fourth-order valence-electron chi connectivity index (χ4n) is 5.71. The summed E-state index contributed by atoms with van der Waals surface area (Å²) in [6.07, 6.45) is 4.30. The first-order valence-electron chi connectivity index (χ1n) is 14.1. The van der Waals surface area contributed by atoms with Gasteiger partial charge in [0, 0.05) is 66.6 Å². The van der Waals surface area contributed by atoms with Crippen molar-refractivity contribution in [3.8, 4) is 5.75 Å². The molecule has 1 aliphatic heterocycles. The average Bonchev–Trinajstić information content (AvgIpc) is 3.58. The topological polar surface area (TPSA) is 64.7 Å². The number of amides is 1. The number of hydrogen-bond acceptors (Lipinski definition) is 6. The smallest absolute Gasteiger partial charge is 0.274 e. The average molecular weight is 544 g/mol. The third-order valence-electron chi connectivity index (χ3n) is 7.87. The molecule has 6 rings (SSSR count). The van der Waals surface area contributed by atoms with Gasteiger partial charge in [-0.3, -0.25) is 19.7 Å². The van der Waals surface area contributed by atoms with E-state index in [0.717, 1.165) is 82.1 Å². The van der Waals surface area contributed by atoms with Gasteiger partial charge in [0.2, 0.25) is 0 Å². The monoisotopic (exact) mass is 543 g/mol. The van der Waals surface area contributed by atoms with Crippen LogP contribution in [0.4, 0.5) is 0 Å². The number of ether oxygens (including phenoxy) is 1. The molecule has 1 aliphatic carbocycles. The van der Waals surface area contributed by atoms with Crippen LogP contribution in [0.3, 0.4) is 0 Å². The highest BCUT2D eigenvalue weighted by Gasteiger charge is 2.28. The van der Waals surface area contributed by atoms with Crippen LogP contribution in [0.2, 0.25) is 0 Å². The van der Waals surface area contributed by atoms with Gasteiger partial charge in [-0.05, 0) is 67.9 Å². The van der Waals surface area contributed by atoms with E-state index in [9.17, 15) is 4.79 Å². The van der Waals surface area contributed by atoms with Gasteiger partial charge in [0.15, 0.2) is 5.69 Å². The molecule has 39 heavy (non-hydrogen) atoms. The lowest BCUT2D eigenvalue weighted by Gasteiger charge is -2.34. The maximum Gasteiger partial charge on any atom is 0.274 e. The molecule has 3 heterocycles. The second-order valence-corrected chi connectivity index (χ2v) is 12.0. The molecular weight excluding hydrogens is 506 g/mol. The summed E-state index contributed by atoms with van der Waals surface area (Å²) in [5.41, 5.74) is 4.24. The van der Waals surface area contributed by atoms with Crippen molar-refractivity contribution in [2.24, 2.45) is 0 Å². The first-order chi connectivity index (χ1) is 19.1. The van der Waals surface area contributed by atoms with Crippen molar-refractivity contribution in [3.05, 3.63) is 82.0 Å². The van der Waals surface area contributed by atoms with E-state index in [4.69, 9.17) is 4.74 Å². The number of carbonyl (C=O) groups is 1. The molecule has 0 unspecified atom stereocenters. The molecule has 1 N–H and O–H groups in total. The number of rotatable bonds is 9. The minimum absolute atomic E-state index is 0.0832. The number of piperazine rings is 1. The number of hydrogen-bond donors (Lipinski definition) is 1. The Kier molecular flexibility index (Phi) is 7.95. The molecule has 0 spiro atoms. The highest BCUT2D eigenvalue weighted by Crippen LogP contribution is 2.27. The third kappa shape index (κ3) is 6.19. The lowest BCUT2D eigenvalue weighted by atomic mass is 9.95. The van der Waals surface area contributed by atoms with Crippen LogP contribution in [0.25, 0.3) is 10.1 Å². The molecule has 0 radical (unpaired) electrons. The predicted molar refractivity (Wildman–Crippen MR) is 157 cm³/mol. The molecule has 4 aromatic rings. The highest BCUT2D eigenvalue weighted by atomic mass is 32.1. The summed E-state index contributed by atoms with van der Waals surface area (Å²) in [7, 11) is 2.17. The van der Waals surface area contributed by atoms with Crippen LogP contribution in [0.5, 0.6) is 5.75 Å². The van der Waals surface area contributed by atoms with Crippen molar-refractivity contribution in [1.29, 1.82) is 0 Å². The van der Waals surface area contributed by atoms with Crippen LogP contribution in [-0.2, 0) is 25.9 Å². The molecule has 2 aromatic carbocycles. The van der Waals surface area contributed by atoms with E-state index in [-0.39, 0.29) is 5.91 Å². The van der Waals surface area contributed by atoms with Crippen molar-refractivity contribution in [2.75, 3.05) is 46.4 Å². The summed E-state index contributed by atoms with van der Waals surface area (Å²) in [6.45, 7) is 6.57. The Balaban J connectivity index is 0.916. The summed E-state index contributed by atoms with van der Waals surface area (Å²) in [5, 5.41) is 8.80. The number of H-pyrrole nitrogens is 1. The fraction of sp³-hybridized carbons (Fsp3) is 0.419. The molecule has 1 fully saturated rings. The Morgan fingerprint density at radius 1 is 1.03 bits per heavy atom. The molecule has 1 saturated heterocycles. The summed E-state index contributed by atoms with van der Waals surface area (Å²) >= 11 is 1.88. The zero-order valence-corrected chi connectivity index (χ0v) is 23.5. The van der Waals surface area contributed by atoms with E-state index in [2.05, 4.69) is 81.6 Å². The molecule has 2 aromatic heterocycles. The van der Waals surface area contributed by atoms with Crippen molar-refractivity contribution in [3.63, 3.8) is 0 Å². The highest BCUT2D eigenvalue weighted by molar-refractivity contribution is 7.19. The van der Waals surface area contributed by atoms with Gasteiger partial charge in [0.1, 0.15) is 12.4 Å². The van der Waals surface area contributed by atoms with Crippen LogP contribution in [0.1, 0.15) is 45.0 Å². The first kappa shape index (κ1) is 26.0. The quantitative estimate of drug-likeness (QED) is 0.323. The van der Waals surface area contributed by atoms with Gasteiger partial charge >= 0.3 is 0 Å². The third-order valence-corrected chi connectivity index (χ3v) is 8.97. The van der Waals surface area contributed by atoms with Crippen molar-refractivity contribution < 1.29 is 9.53 Å². The Hall–Kier alpha value is -3.20. The van der Waals surface area contributed by atoms with Crippen molar-refractivity contribution in [2.45, 2.75) is 38.8 Å². The van der Waals surface area contributed by atoms with Gasteiger partial charge in [-0.15, -0.1) is 11.3 Å². The van der Waals surface area contributed by atoms with Crippen LogP contribution < -0.4 is 4.74 Å². The lowest BCUT2D eigenvalue weighted by Crippen LogP contribution is -2.49. The van der Waals surface area contributed by atoms with E-state index >= 15 is 0 Å². The number of aryl methyl sites for hydroxylation is 1. The van der Waals surface area contributed by atoms with Gasteiger partial charge in [0.25, 0.3) is 5.91 Å².